The topological polar surface area (TPSA) is 41.8 Å². The molecule has 1 saturated carbocycles. The van der Waals surface area contributed by atoms with Gasteiger partial charge < -0.3 is 10.7 Å². The molecule has 2 heteroatoms. The summed E-state index contributed by atoms with van der Waals surface area (Å²) >= 11 is 0. The van der Waals surface area contributed by atoms with E-state index in [1.165, 1.54) is 16.5 Å². The Hall–Kier alpha value is -1.28. The summed E-state index contributed by atoms with van der Waals surface area (Å²) in [7, 11) is 0. The van der Waals surface area contributed by atoms with Gasteiger partial charge in [-0.2, -0.15) is 0 Å². The van der Waals surface area contributed by atoms with Gasteiger partial charge in [0.05, 0.1) is 0 Å². The van der Waals surface area contributed by atoms with Crippen LogP contribution in [-0.4, -0.2) is 11.0 Å². The molecule has 1 heterocycles. The quantitative estimate of drug-likeness (QED) is 0.705. The van der Waals surface area contributed by atoms with Crippen molar-refractivity contribution >= 4 is 10.9 Å². The molecule has 72 valence electrons. The number of hydrogen-bond acceptors (Lipinski definition) is 1. The van der Waals surface area contributed by atoms with E-state index in [9.17, 15) is 0 Å². The molecule has 3 rings (SSSR count). The SMILES string of the molecule is NC1CC(c2ccc3[nH]ccc3c2)C1. The number of aromatic nitrogens is 1. The number of nitrogens with one attached hydrogen (secondary N) is 1. The summed E-state index contributed by atoms with van der Waals surface area (Å²) in [6.45, 7) is 0. The highest BCUT2D eigenvalue weighted by Crippen LogP contribution is 2.36. The third-order valence-electron chi connectivity index (χ3n) is 3.22. The molecule has 14 heavy (non-hydrogen) atoms. The van der Waals surface area contributed by atoms with Crippen molar-refractivity contribution in [2.75, 3.05) is 0 Å². The molecule has 1 aliphatic carbocycles. The van der Waals surface area contributed by atoms with Crippen molar-refractivity contribution in [2.24, 2.45) is 5.73 Å². The lowest BCUT2D eigenvalue weighted by Gasteiger charge is -2.32. The van der Waals surface area contributed by atoms with Crippen molar-refractivity contribution in [1.82, 2.24) is 4.98 Å². The van der Waals surface area contributed by atoms with Gasteiger partial charge in [0, 0.05) is 17.8 Å². The predicted molar refractivity (Wildman–Crippen MR) is 58.2 cm³/mol. The fourth-order valence-corrected chi connectivity index (χ4v) is 2.26. The maximum absolute atomic E-state index is 5.79. The van der Waals surface area contributed by atoms with Gasteiger partial charge in [0.2, 0.25) is 0 Å². The predicted octanol–water partition coefficient (Wildman–Crippen LogP) is 2.37. The van der Waals surface area contributed by atoms with E-state index in [4.69, 9.17) is 5.73 Å². The summed E-state index contributed by atoms with van der Waals surface area (Å²) in [5, 5.41) is 1.31. The Labute approximate surface area is 83.1 Å². The number of H-pyrrole nitrogens is 1. The Bertz CT molecular complexity index is 452. The average molecular weight is 186 g/mol. The van der Waals surface area contributed by atoms with E-state index < -0.39 is 0 Å². The van der Waals surface area contributed by atoms with Crippen molar-refractivity contribution in [1.29, 1.82) is 0 Å². The fourth-order valence-electron chi connectivity index (χ4n) is 2.26. The number of benzene rings is 1. The van der Waals surface area contributed by atoms with Crippen LogP contribution in [0.15, 0.2) is 30.5 Å². The van der Waals surface area contributed by atoms with Crippen molar-refractivity contribution in [3.05, 3.63) is 36.0 Å². The summed E-state index contributed by atoms with van der Waals surface area (Å²) in [5.74, 6) is 0.698. The normalized spacial score (nSPS) is 26.4. The largest absolute Gasteiger partial charge is 0.361 e. The third-order valence-corrected chi connectivity index (χ3v) is 3.22. The van der Waals surface area contributed by atoms with Gasteiger partial charge >= 0.3 is 0 Å². The summed E-state index contributed by atoms with van der Waals surface area (Å²) in [5.41, 5.74) is 8.46. The lowest BCUT2D eigenvalue weighted by Crippen LogP contribution is -2.34. The summed E-state index contributed by atoms with van der Waals surface area (Å²) in [6, 6.07) is 9.21. The molecule has 1 aliphatic rings. The van der Waals surface area contributed by atoms with Gasteiger partial charge in [0.15, 0.2) is 0 Å². The maximum atomic E-state index is 5.79. The Morgan fingerprint density at radius 2 is 2.07 bits per heavy atom. The minimum atomic E-state index is 0.432. The van der Waals surface area contributed by atoms with Crippen molar-refractivity contribution in [3.8, 4) is 0 Å². The average Bonchev–Trinajstić information content (AvgIpc) is 2.59. The smallest absolute Gasteiger partial charge is 0.0454 e. The van der Waals surface area contributed by atoms with Gasteiger partial charge in [0.1, 0.15) is 0 Å². The molecule has 0 spiro atoms. The van der Waals surface area contributed by atoms with Gasteiger partial charge in [-0.25, -0.2) is 0 Å². The Morgan fingerprint density at radius 3 is 2.86 bits per heavy atom. The fraction of sp³-hybridized carbons (Fsp3) is 0.333. The van der Waals surface area contributed by atoms with Gasteiger partial charge in [-0.15, -0.1) is 0 Å². The maximum Gasteiger partial charge on any atom is 0.0454 e. The molecular weight excluding hydrogens is 172 g/mol. The van der Waals surface area contributed by atoms with Gasteiger partial charge in [0.25, 0.3) is 0 Å². The standard InChI is InChI=1S/C12H14N2/c13-11-6-10(7-11)8-1-2-12-9(5-8)3-4-14-12/h1-5,10-11,14H,6-7,13H2. The molecule has 0 saturated heterocycles. The number of fused-ring (bicyclic) bond motifs is 1. The van der Waals surface area contributed by atoms with Crippen LogP contribution in [0.25, 0.3) is 10.9 Å². The second-order valence-electron chi connectivity index (χ2n) is 4.25. The number of aromatic amines is 1. The molecule has 1 aromatic carbocycles. The Kier molecular flexibility index (Phi) is 1.64. The monoisotopic (exact) mass is 186 g/mol. The van der Waals surface area contributed by atoms with Crippen LogP contribution in [-0.2, 0) is 0 Å². The van der Waals surface area contributed by atoms with Crippen LogP contribution in [0.1, 0.15) is 24.3 Å². The van der Waals surface area contributed by atoms with E-state index in [-0.39, 0.29) is 0 Å². The summed E-state index contributed by atoms with van der Waals surface area (Å²) in [6.07, 6.45) is 4.28. The molecule has 0 radical (unpaired) electrons. The van der Waals surface area contributed by atoms with Crippen LogP contribution in [0.4, 0.5) is 0 Å². The van der Waals surface area contributed by atoms with Gasteiger partial charge in [-0.3, -0.25) is 0 Å². The van der Waals surface area contributed by atoms with Crippen LogP contribution >= 0.6 is 0 Å². The molecule has 1 aromatic heterocycles. The first kappa shape index (κ1) is 8.06. The lowest BCUT2D eigenvalue weighted by molar-refractivity contribution is 0.352. The van der Waals surface area contributed by atoms with E-state index in [2.05, 4.69) is 29.2 Å². The molecule has 0 unspecified atom stereocenters. The first-order chi connectivity index (χ1) is 6.83. The van der Waals surface area contributed by atoms with E-state index in [0.717, 1.165) is 12.8 Å². The molecule has 2 nitrogen and oxygen atoms in total. The van der Waals surface area contributed by atoms with Crippen LogP contribution in [0.3, 0.4) is 0 Å². The van der Waals surface area contributed by atoms with Crippen LogP contribution in [0.2, 0.25) is 0 Å². The van der Waals surface area contributed by atoms with E-state index in [0.29, 0.717) is 12.0 Å². The first-order valence-corrected chi connectivity index (χ1v) is 5.15. The molecule has 0 aliphatic heterocycles. The highest BCUT2D eigenvalue weighted by molar-refractivity contribution is 5.80. The minimum absolute atomic E-state index is 0.432. The zero-order valence-corrected chi connectivity index (χ0v) is 8.03. The summed E-state index contributed by atoms with van der Waals surface area (Å²) < 4.78 is 0. The minimum Gasteiger partial charge on any atom is -0.361 e. The molecule has 0 atom stereocenters. The number of hydrogen-bond donors (Lipinski definition) is 2. The molecule has 3 N–H and O–H groups in total. The highest BCUT2D eigenvalue weighted by atomic mass is 14.7. The Balaban J connectivity index is 1.97. The van der Waals surface area contributed by atoms with Crippen LogP contribution < -0.4 is 5.73 Å². The highest BCUT2D eigenvalue weighted by Gasteiger charge is 2.27. The van der Waals surface area contributed by atoms with Crippen LogP contribution in [0, 0.1) is 0 Å². The van der Waals surface area contributed by atoms with E-state index in [1.54, 1.807) is 0 Å². The van der Waals surface area contributed by atoms with Gasteiger partial charge in [-0.05, 0) is 47.9 Å². The summed E-state index contributed by atoms with van der Waals surface area (Å²) in [4.78, 5) is 3.21. The lowest BCUT2D eigenvalue weighted by atomic mass is 9.76. The second-order valence-corrected chi connectivity index (χ2v) is 4.25. The first-order valence-electron chi connectivity index (χ1n) is 5.15. The number of nitrogens with two attached hydrogens (primary N) is 1. The second kappa shape index (κ2) is 2.85. The molecular formula is C12H14N2. The number of rotatable bonds is 1. The van der Waals surface area contributed by atoms with Crippen molar-refractivity contribution < 1.29 is 0 Å². The van der Waals surface area contributed by atoms with Crippen LogP contribution in [0.5, 0.6) is 0 Å². The van der Waals surface area contributed by atoms with E-state index >= 15 is 0 Å². The zero-order chi connectivity index (χ0) is 9.54. The third kappa shape index (κ3) is 1.15. The molecule has 0 bridgehead atoms. The van der Waals surface area contributed by atoms with Gasteiger partial charge in [-0.1, -0.05) is 6.07 Å². The zero-order valence-electron chi connectivity index (χ0n) is 8.03. The molecule has 2 aromatic rings. The van der Waals surface area contributed by atoms with Crippen molar-refractivity contribution in [2.45, 2.75) is 24.8 Å². The molecule has 0 amide bonds. The molecule has 1 fully saturated rings. The van der Waals surface area contributed by atoms with Crippen molar-refractivity contribution in [3.63, 3.8) is 0 Å². The van der Waals surface area contributed by atoms with E-state index in [1.807, 2.05) is 6.20 Å². The Morgan fingerprint density at radius 1 is 1.21 bits per heavy atom.